The molecule has 0 aliphatic heterocycles. The van der Waals surface area contributed by atoms with Crippen LogP contribution in [-0.2, 0) is 36.0 Å². The number of aryl methyl sites for hydroxylation is 2. The summed E-state index contributed by atoms with van der Waals surface area (Å²) in [5.74, 6) is -1.31. The van der Waals surface area contributed by atoms with Crippen LogP contribution in [0.3, 0.4) is 0 Å². The van der Waals surface area contributed by atoms with Crippen molar-refractivity contribution in [3.63, 3.8) is 0 Å². The standard InChI is InChI=1S/C18H18O5P/c19-17(13-11-15-7-3-1-4-8-15)22-24(21)23-18(20)14-12-16-9-5-2-6-10-16/h1-10H,11-14H2/q+1. The van der Waals surface area contributed by atoms with Gasteiger partial charge in [0.2, 0.25) is 0 Å². The molecule has 0 heterocycles. The quantitative estimate of drug-likeness (QED) is 0.677. The van der Waals surface area contributed by atoms with Crippen molar-refractivity contribution >= 4 is 20.2 Å². The highest BCUT2D eigenvalue weighted by Gasteiger charge is 2.30. The van der Waals surface area contributed by atoms with Crippen molar-refractivity contribution in [3.8, 4) is 0 Å². The van der Waals surface area contributed by atoms with Crippen LogP contribution in [0.1, 0.15) is 24.0 Å². The zero-order valence-corrected chi connectivity index (χ0v) is 14.0. The minimum Gasteiger partial charge on any atom is -0.247 e. The van der Waals surface area contributed by atoms with Crippen LogP contribution in [0.4, 0.5) is 0 Å². The fraction of sp³-hybridized carbons (Fsp3) is 0.222. The van der Waals surface area contributed by atoms with Crippen molar-refractivity contribution in [3.05, 3.63) is 71.8 Å². The maximum atomic E-state index is 11.6. The molecule has 2 rings (SSSR count). The van der Waals surface area contributed by atoms with Gasteiger partial charge in [-0.15, -0.1) is 0 Å². The SMILES string of the molecule is O=C(CCc1ccccc1)O[P+](=O)OC(=O)CCc1ccccc1. The molecule has 0 unspecified atom stereocenters. The second-order valence-electron chi connectivity index (χ2n) is 5.12. The highest BCUT2D eigenvalue weighted by Crippen LogP contribution is 2.26. The van der Waals surface area contributed by atoms with Crippen molar-refractivity contribution in [2.45, 2.75) is 25.7 Å². The third kappa shape index (κ3) is 6.71. The molecule has 0 aromatic heterocycles. The normalized spacial score (nSPS) is 10.0. The van der Waals surface area contributed by atoms with Gasteiger partial charge in [0.05, 0.1) is 12.8 Å². The van der Waals surface area contributed by atoms with E-state index in [2.05, 4.69) is 9.05 Å². The lowest BCUT2D eigenvalue weighted by atomic mass is 10.1. The molecule has 0 amide bonds. The smallest absolute Gasteiger partial charge is 0.247 e. The molecule has 0 saturated heterocycles. The molecule has 0 aliphatic rings. The van der Waals surface area contributed by atoms with Gasteiger partial charge in [0.15, 0.2) is 0 Å². The zero-order chi connectivity index (χ0) is 17.2. The van der Waals surface area contributed by atoms with Crippen molar-refractivity contribution in [2.24, 2.45) is 0 Å². The van der Waals surface area contributed by atoms with Gasteiger partial charge in [0, 0.05) is 4.57 Å². The molecule has 0 saturated carbocycles. The second kappa shape index (κ2) is 9.58. The summed E-state index contributed by atoms with van der Waals surface area (Å²) >= 11 is 0. The summed E-state index contributed by atoms with van der Waals surface area (Å²) in [5, 5.41) is 0. The molecule has 0 fully saturated rings. The Balaban J connectivity index is 1.66. The molecule has 0 bridgehead atoms. The summed E-state index contributed by atoms with van der Waals surface area (Å²) in [4.78, 5) is 23.2. The summed E-state index contributed by atoms with van der Waals surface area (Å²) in [6, 6.07) is 18.8. The lowest BCUT2D eigenvalue weighted by Crippen LogP contribution is -2.05. The molecule has 0 radical (unpaired) electrons. The molecule has 2 aromatic rings. The Morgan fingerprint density at radius 2 is 1.08 bits per heavy atom. The van der Waals surface area contributed by atoms with Gasteiger partial charge in [0.25, 0.3) is 0 Å². The minimum atomic E-state index is -2.77. The number of hydrogen-bond acceptors (Lipinski definition) is 5. The van der Waals surface area contributed by atoms with Crippen LogP contribution < -0.4 is 0 Å². The average Bonchev–Trinajstić information content (AvgIpc) is 2.60. The molecule has 24 heavy (non-hydrogen) atoms. The van der Waals surface area contributed by atoms with Crippen LogP contribution in [0.2, 0.25) is 0 Å². The van der Waals surface area contributed by atoms with Crippen LogP contribution in [0.5, 0.6) is 0 Å². The summed E-state index contributed by atoms with van der Waals surface area (Å²) in [7, 11) is -2.77. The van der Waals surface area contributed by atoms with Crippen LogP contribution >= 0.6 is 8.25 Å². The van der Waals surface area contributed by atoms with Gasteiger partial charge in [-0.3, -0.25) is 0 Å². The van der Waals surface area contributed by atoms with E-state index < -0.39 is 20.2 Å². The van der Waals surface area contributed by atoms with E-state index in [-0.39, 0.29) is 12.8 Å². The van der Waals surface area contributed by atoms with Crippen molar-refractivity contribution < 1.29 is 23.2 Å². The fourth-order valence-electron chi connectivity index (χ4n) is 2.06. The van der Waals surface area contributed by atoms with E-state index in [1.165, 1.54) is 0 Å². The molecule has 0 aliphatic carbocycles. The van der Waals surface area contributed by atoms with Gasteiger partial charge in [-0.1, -0.05) is 60.7 Å². The molecule has 6 heteroatoms. The highest BCUT2D eigenvalue weighted by molar-refractivity contribution is 7.34. The van der Waals surface area contributed by atoms with E-state index in [0.29, 0.717) is 12.8 Å². The largest absolute Gasteiger partial charge is 0.811 e. The van der Waals surface area contributed by atoms with Crippen LogP contribution in [0.15, 0.2) is 60.7 Å². The molecule has 2 aromatic carbocycles. The van der Waals surface area contributed by atoms with Gasteiger partial charge in [0.1, 0.15) is 0 Å². The fourth-order valence-corrected chi connectivity index (χ4v) is 2.61. The van der Waals surface area contributed by atoms with E-state index >= 15 is 0 Å². The Labute approximate surface area is 141 Å². The predicted molar refractivity (Wildman–Crippen MR) is 89.3 cm³/mol. The van der Waals surface area contributed by atoms with Gasteiger partial charge >= 0.3 is 20.2 Å². The maximum absolute atomic E-state index is 11.6. The topological polar surface area (TPSA) is 69.7 Å². The molecule has 124 valence electrons. The molecule has 0 spiro atoms. The first-order valence-electron chi connectivity index (χ1n) is 7.60. The van der Waals surface area contributed by atoms with Gasteiger partial charge in [-0.25, -0.2) is 9.59 Å². The number of carbonyl (C=O) groups is 2. The number of benzene rings is 2. The Hall–Kier alpha value is -2.52. The second-order valence-corrected chi connectivity index (χ2v) is 5.93. The average molecular weight is 345 g/mol. The third-order valence-corrected chi connectivity index (χ3v) is 3.98. The number of hydrogen-bond donors (Lipinski definition) is 0. The monoisotopic (exact) mass is 345 g/mol. The highest BCUT2D eigenvalue weighted by atomic mass is 31.1. The van der Waals surface area contributed by atoms with E-state index in [0.717, 1.165) is 11.1 Å². The maximum Gasteiger partial charge on any atom is 0.811 e. The molecule has 0 atom stereocenters. The first-order valence-corrected chi connectivity index (χ1v) is 8.70. The van der Waals surface area contributed by atoms with E-state index in [1.807, 2.05) is 60.7 Å². The summed E-state index contributed by atoms with van der Waals surface area (Å²) in [6.07, 6.45) is 1.11. The Morgan fingerprint density at radius 1 is 0.708 bits per heavy atom. The first kappa shape index (κ1) is 17.8. The van der Waals surface area contributed by atoms with Gasteiger partial charge in [-0.05, 0) is 24.0 Å². The van der Waals surface area contributed by atoms with Crippen LogP contribution in [0, 0.1) is 0 Å². The minimum absolute atomic E-state index is 0.0760. The lowest BCUT2D eigenvalue weighted by Gasteiger charge is -1.98. The third-order valence-electron chi connectivity index (χ3n) is 3.27. The number of carbonyl (C=O) groups excluding carboxylic acids is 2. The van der Waals surface area contributed by atoms with E-state index in [9.17, 15) is 14.2 Å². The van der Waals surface area contributed by atoms with Crippen LogP contribution in [-0.4, -0.2) is 11.9 Å². The first-order chi connectivity index (χ1) is 11.6. The van der Waals surface area contributed by atoms with Gasteiger partial charge in [-0.2, -0.15) is 9.05 Å². The summed E-state index contributed by atoms with van der Waals surface area (Å²) in [5.41, 5.74) is 1.95. The Bertz CT molecular complexity index is 626. The Kier molecular flexibility index (Phi) is 7.12. The van der Waals surface area contributed by atoms with Crippen molar-refractivity contribution in [2.75, 3.05) is 0 Å². The summed E-state index contributed by atoms with van der Waals surface area (Å²) < 4.78 is 20.8. The van der Waals surface area contributed by atoms with E-state index in [4.69, 9.17) is 0 Å². The van der Waals surface area contributed by atoms with E-state index in [1.54, 1.807) is 0 Å². The molecule has 0 N–H and O–H groups in total. The van der Waals surface area contributed by atoms with Crippen LogP contribution in [0.25, 0.3) is 0 Å². The number of rotatable bonds is 8. The summed E-state index contributed by atoms with van der Waals surface area (Å²) in [6.45, 7) is 0. The molecule has 5 nitrogen and oxygen atoms in total. The van der Waals surface area contributed by atoms with Crippen molar-refractivity contribution in [1.82, 2.24) is 0 Å². The molecular formula is C18H18O5P+. The van der Waals surface area contributed by atoms with Crippen molar-refractivity contribution in [1.29, 1.82) is 0 Å². The Morgan fingerprint density at radius 3 is 1.46 bits per heavy atom. The van der Waals surface area contributed by atoms with Gasteiger partial charge < -0.3 is 0 Å². The zero-order valence-electron chi connectivity index (χ0n) is 13.1. The predicted octanol–water partition coefficient (Wildman–Crippen LogP) is 4.00. The molecular weight excluding hydrogens is 327 g/mol. The lowest BCUT2D eigenvalue weighted by molar-refractivity contribution is -0.137.